The molecule has 2 aliphatic carbocycles. The van der Waals surface area contributed by atoms with Gasteiger partial charge < -0.3 is 4.42 Å². The first-order chi connectivity index (χ1) is 18.1. The number of aryl methyl sites for hydroxylation is 2. The lowest BCUT2D eigenvalue weighted by Gasteiger charge is -2.14. The molecular formula is C34H31N2O+. The van der Waals surface area contributed by atoms with Crippen molar-refractivity contribution in [3.63, 3.8) is 0 Å². The second kappa shape index (κ2) is 8.60. The molecule has 0 spiro atoms. The van der Waals surface area contributed by atoms with Crippen LogP contribution in [0.25, 0.3) is 44.3 Å². The molecule has 0 saturated heterocycles. The number of fused-ring (bicyclic) bond motifs is 4. The van der Waals surface area contributed by atoms with Gasteiger partial charge in [0.2, 0.25) is 5.69 Å². The van der Waals surface area contributed by atoms with Gasteiger partial charge in [-0.25, -0.2) is 4.57 Å². The minimum absolute atomic E-state index is 0.628. The fourth-order valence-electron chi connectivity index (χ4n) is 7.26. The van der Waals surface area contributed by atoms with E-state index < -0.39 is 0 Å². The van der Waals surface area contributed by atoms with Gasteiger partial charge in [-0.15, -0.1) is 0 Å². The maximum atomic E-state index is 10.1. The Hall–Kier alpha value is -3.90. The number of hydrogen-bond donors (Lipinski definition) is 0. The number of hydrogen-bond acceptors (Lipinski definition) is 2. The lowest BCUT2D eigenvalue weighted by molar-refractivity contribution is -0.660. The highest BCUT2D eigenvalue weighted by atomic mass is 16.3. The van der Waals surface area contributed by atoms with E-state index in [9.17, 15) is 5.26 Å². The highest BCUT2D eigenvalue weighted by Gasteiger charge is 2.37. The van der Waals surface area contributed by atoms with Crippen LogP contribution in [0.1, 0.15) is 54.7 Å². The van der Waals surface area contributed by atoms with Gasteiger partial charge in [-0.2, -0.15) is 5.26 Å². The van der Waals surface area contributed by atoms with Crippen molar-refractivity contribution in [1.29, 1.82) is 5.26 Å². The molecule has 37 heavy (non-hydrogen) atoms. The second-order valence-corrected chi connectivity index (χ2v) is 11.2. The molecule has 2 saturated carbocycles. The predicted octanol–water partition coefficient (Wildman–Crippen LogP) is 8.22. The Morgan fingerprint density at radius 3 is 2.38 bits per heavy atom. The van der Waals surface area contributed by atoms with Crippen LogP contribution < -0.4 is 4.57 Å². The number of nitriles is 1. The number of rotatable bonds is 3. The maximum Gasteiger partial charge on any atom is 0.216 e. The van der Waals surface area contributed by atoms with Crippen LogP contribution >= 0.6 is 0 Å². The van der Waals surface area contributed by atoms with Crippen LogP contribution in [-0.2, 0) is 7.05 Å². The fraction of sp³-hybridized carbons (Fsp3) is 0.294. The number of benzene rings is 3. The molecule has 0 bridgehead atoms. The lowest BCUT2D eigenvalue weighted by atomic mass is 9.90. The molecule has 2 aliphatic rings. The maximum absolute atomic E-state index is 10.1. The normalized spacial score (nSPS) is 20.9. The Morgan fingerprint density at radius 2 is 1.62 bits per heavy atom. The van der Waals surface area contributed by atoms with Gasteiger partial charge >= 0.3 is 0 Å². The minimum atomic E-state index is 0.628. The number of nitrogens with zero attached hydrogens (tertiary/aromatic N) is 2. The van der Waals surface area contributed by atoms with Crippen LogP contribution in [0.15, 0.2) is 77.3 Å². The van der Waals surface area contributed by atoms with Crippen molar-refractivity contribution in [2.24, 2.45) is 18.9 Å². The molecule has 0 N–H and O–H groups in total. The molecular weight excluding hydrogens is 452 g/mol. The Balaban J connectivity index is 1.43. The zero-order valence-corrected chi connectivity index (χ0v) is 21.5. The molecule has 2 unspecified atom stereocenters. The van der Waals surface area contributed by atoms with E-state index in [0.717, 1.165) is 56.2 Å². The summed E-state index contributed by atoms with van der Waals surface area (Å²) in [6.45, 7) is 2.14. The van der Waals surface area contributed by atoms with E-state index in [-0.39, 0.29) is 0 Å². The van der Waals surface area contributed by atoms with Crippen molar-refractivity contribution >= 4 is 21.9 Å². The first-order valence-electron chi connectivity index (χ1n) is 13.6. The van der Waals surface area contributed by atoms with Crippen molar-refractivity contribution in [3.05, 3.63) is 89.6 Å². The summed E-state index contributed by atoms with van der Waals surface area (Å²) >= 11 is 0. The highest BCUT2D eigenvalue weighted by molar-refractivity contribution is 6.14. The summed E-state index contributed by atoms with van der Waals surface area (Å²) in [6.07, 6.45) is 8.90. The third-order valence-electron chi connectivity index (χ3n) is 9.09. The molecule has 2 heterocycles. The summed E-state index contributed by atoms with van der Waals surface area (Å²) in [6, 6.07) is 26.0. The van der Waals surface area contributed by atoms with Crippen molar-refractivity contribution in [2.75, 3.05) is 0 Å². The summed E-state index contributed by atoms with van der Waals surface area (Å²) in [5, 5.41) is 12.3. The molecule has 2 aromatic heterocycles. The lowest BCUT2D eigenvalue weighted by Crippen LogP contribution is -2.30. The summed E-state index contributed by atoms with van der Waals surface area (Å²) in [4.78, 5) is 0. The Kier molecular flexibility index (Phi) is 5.18. The first kappa shape index (κ1) is 22.3. The van der Waals surface area contributed by atoms with Crippen LogP contribution in [0, 0.1) is 30.1 Å². The van der Waals surface area contributed by atoms with Crippen molar-refractivity contribution in [3.8, 4) is 28.5 Å². The van der Waals surface area contributed by atoms with E-state index in [2.05, 4.69) is 85.4 Å². The summed E-state index contributed by atoms with van der Waals surface area (Å²) in [5.74, 6) is 2.44. The number of pyridine rings is 1. The number of aromatic nitrogens is 1. The predicted molar refractivity (Wildman–Crippen MR) is 148 cm³/mol. The molecule has 7 rings (SSSR count). The summed E-state index contributed by atoms with van der Waals surface area (Å²) in [7, 11) is 2.07. The summed E-state index contributed by atoms with van der Waals surface area (Å²) < 4.78 is 8.90. The third kappa shape index (κ3) is 3.50. The Labute approximate surface area is 218 Å². The van der Waals surface area contributed by atoms with Crippen molar-refractivity contribution in [2.45, 2.75) is 44.9 Å². The van der Waals surface area contributed by atoms with E-state index in [1.807, 2.05) is 12.1 Å². The van der Waals surface area contributed by atoms with Crippen LogP contribution in [0.5, 0.6) is 0 Å². The molecule has 0 aliphatic heterocycles. The molecule has 5 aromatic rings. The van der Waals surface area contributed by atoms with Crippen LogP contribution in [0.3, 0.4) is 0 Å². The Bertz CT molecular complexity index is 1710. The van der Waals surface area contributed by atoms with Gasteiger partial charge in [0.1, 0.15) is 18.2 Å². The Morgan fingerprint density at radius 1 is 0.865 bits per heavy atom. The molecule has 3 heteroatoms. The van der Waals surface area contributed by atoms with Crippen molar-refractivity contribution in [1.82, 2.24) is 0 Å². The van der Waals surface area contributed by atoms with Gasteiger partial charge in [0.25, 0.3) is 0 Å². The van der Waals surface area contributed by atoms with E-state index >= 15 is 0 Å². The molecule has 3 aromatic carbocycles. The first-order valence-corrected chi connectivity index (χ1v) is 13.6. The largest absolute Gasteiger partial charge is 0.454 e. The van der Waals surface area contributed by atoms with E-state index in [1.54, 1.807) is 0 Å². The van der Waals surface area contributed by atoms with Gasteiger partial charge in [0.05, 0.1) is 17.2 Å². The van der Waals surface area contributed by atoms with Crippen LogP contribution in [-0.4, -0.2) is 0 Å². The topological polar surface area (TPSA) is 40.8 Å². The van der Waals surface area contributed by atoms with E-state index in [4.69, 9.17) is 4.42 Å². The zero-order chi connectivity index (χ0) is 25.1. The van der Waals surface area contributed by atoms with E-state index in [1.165, 1.54) is 43.2 Å². The van der Waals surface area contributed by atoms with Crippen LogP contribution in [0.2, 0.25) is 0 Å². The molecule has 182 valence electrons. The monoisotopic (exact) mass is 483 g/mol. The highest BCUT2D eigenvalue weighted by Crippen LogP contribution is 2.51. The van der Waals surface area contributed by atoms with Gasteiger partial charge in [-0.05, 0) is 72.4 Å². The molecule has 2 atom stereocenters. The van der Waals surface area contributed by atoms with Gasteiger partial charge in [0, 0.05) is 28.5 Å². The van der Waals surface area contributed by atoms with Gasteiger partial charge in [0.15, 0.2) is 6.20 Å². The average Bonchev–Trinajstić information content (AvgIpc) is 3.62. The minimum Gasteiger partial charge on any atom is -0.454 e. The summed E-state index contributed by atoms with van der Waals surface area (Å²) in [5.41, 5.74) is 9.15. The quantitative estimate of drug-likeness (QED) is 0.243. The zero-order valence-electron chi connectivity index (χ0n) is 21.5. The number of furan rings is 1. The van der Waals surface area contributed by atoms with Crippen molar-refractivity contribution < 1.29 is 8.98 Å². The SMILES string of the molecule is Cc1ccc2c(oc3c(-c4cccc(C5CC6CCCC6C5)c4)c(C#N)ccc32)c1-c1cccc[n+]1C. The van der Waals surface area contributed by atoms with Gasteiger partial charge in [-0.3, -0.25) is 0 Å². The standard InChI is InChI=1S/C34H31N2O/c1-21-12-14-28-29-15-13-26(20-35)32(34(29)37-33(28)31(21)30-11-3-4-16-36(30)2)25-10-6-9-24(17-25)27-18-22-7-5-8-23(22)19-27/h3-4,6,9-17,22-23,27H,5,7-8,18-19H2,1-2H3/q+1. The fourth-order valence-corrected chi connectivity index (χ4v) is 7.26. The molecule has 2 fully saturated rings. The molecule has 0 amide bonds. The second-order valence-electron chi connectivity index (χ2n) is 11.2. The molecule has 0 radical (unpaired) electrons. The third-order valence-corrected chi connectivity index (χ3v) is 9.09. The van der Waals surface area contributed by atoms with E-state index in [0.29, 0.717) is 11.5 Å². The average molecular weight is 484 g/mol. The van der Waals surface area contributed by atoms with Crippen LogP contribution in [0.4, 0.5) is 0 Å². The molecule has 3 nitrogen and oxygen atoms in total. The van der Waals surface area contributed by atoms with Gasteiger partial charge in [-0.1, -0.05) is 55.7 Å². The smallest absolute Gasteiger partial charge is 0.216 e.